The van der Waals surface area contributed by atoms with Crippen molar-refractivity contribution in [2.45, 2.75) is 13.8 Å². The van der Waals surface area contributed by atoms with Crippen LogP contribution in [0.2, 0.25) is 0 Å². The molecule has 4 nitrogen and oxygen atoms in total. The van der Waals surface area contributed by atoms with E-state index in [1.54, 1.807) is 0 Å². The molecule has 0 unspecified atom stereocenters. The van der Waals surface area contributed by atoms with Gasteiger partial charge in [-0.2, -0.15) is 0 Å². The van der Waals surface area contributed by atoms with Gasteiger partial charge in [-0.1, -0.05) is 60.7 Å². The van der Waals surface area contributed by atoms with Crippen LogP contribution in [0, 0.1) is 13.8 Å². The van der Waals surface area contributed by atoms with Gasteiger partial charge in [0.05, 0.1) is 0 Å². The van der Waals surface area contributed by atoms with Crippen LogP contribution in [-0.2, 0) is 0 Å². The molecule has 0 amide bonds. The standard InChI is InChI=1S/C25H20N2O2/c1-15-24-20(19(14-22(27-26)29-24)17-9-5-3-6-10-17)13-21-23(16(2)28-25(15)21)18-11-7-4-8-12-18/h3-14H,26H2,1-2H3/b27-22-. The Morgan fingerprint density at radius 1 is 0.724 bits per heavy atom. The van der Waals surface area contributed by atoms with Gasteiger partial charge in [0, 0.05) is 28.0 Å². The maximum absolute atomic E-state index is 6.19. The number of aryl methyl sites for hydroxylation is 2. The van der Waals surface area contributed by atoms with Crippen LogP contribution in [0.15, 0.2) is 86.7 Å². The number of nitrogens with two attached hydrogens (primary N) is 1. The molecular weight excluding hydrogens is 360 g/mol. The molecule has 142 valence electrons. The Morgan fingerprint density at radius 3 is 2.00 bits per heavy atom. The molecule has 0 bridgehead atoms. The predicted octanol–water partition coefficient (Wildman–Crippen LogP) is 5.90. The summed E-state index contributed by atoms with van der Waals surface area (Å²) in [5.74, 6) is 6.45. The third-order valence-corrected chi connectivity index (χ3v) is 5.37. The van der Waals surface area contributed by atoms with Crippen LogP contribution in [0.25, 0.3) is 44.2 Å². The summed E-state index contributed by atoms with van der Waals surface area (Å²) in [6.07, 6.45) is 0. The van der Waals surface area contributed by atoms with E-state index in [-0.39, 0.29) is 0 Å². The highest BCUT2D eigenvalue weighted by Gasteiger charge is 2.19. The van der Waals surface area contributed by atoms with Crippen molar-refractivity contribution in [1.82, 2.24) is 0 Å². The van der Waals surface area contributed by atoms with Crippen LogP contribution in [0.4, 0.5) is 0 Å². The number of rotatable bonds is 2. The van der Waals surface area contributed by atoms with E-state index < -0.39 is 0 Å². The topological polar surface area (TPSA) is 64.7 Å². The molecule has 2 N–H and O–H groups in total. The molecule has 0 saturated carbocycles. The van der Waals surface area contributed by atoms with Crippen molar-refractivity contribution in [2.75, 3.05) is 0 Å². The van der Waals surface area contributed by atoms with Crippen molar-refractivity contribution in [1.29, 1.82) is 0 Å². The molecule has 0 spiro atoms. The van der Waals surface area contributed by atoms with Crippen LogP contribution in [-0.4, -0.2) is 0 Å². The summed E-state index contributed by atoms with van der Waals surface area (Å²) in [6.45, 7) is 4.02. The van der Waals surface area contributed by atoms with Gasteiger partial charge < -0.3 is 14.7 Å². The van der Waals surface area contributed by atoms with Gasteiger partial charge in [0.2, 0.25) is 5.55 Å². The Hall–Kier alpha value is -3.79. The second-order valence-corrected chi connectivity index (χ2v) is 7.15. The Bertz CT molecular complexity index is 1410. The molecule has 2 aromatic heterocycles. The van der Waals surface area contributed by atoms with E-state index in [0.29, 0.717) is 5.55 Å². The number of furan rings is 1. The summed E-state index contributed by atoms with van der Waals surface area (Å²) in [7, 11) is 0. The summed E-state index contributed by atoms with van der Waals surface area (Å²) in [6, 6.07) is 24.6. The summed E-state index contributed by atoms with van der Waals surface area (Å²) in [5, 5.41) is 5.88. The van der Waals surface area contributed by atoms with E-state index in [1.165, 1.54) is 0 Å². The SMILES string of the molecule is Cc1oc2c(C)c3o/c(=N\N)cc(-c4ccccc4)c3cc2c1-c1ccccc1. The lowest BCUT2D eigenvalue weighted by Crippen LogP contribution is -2.05. The average molecular weight is 380 g/mol. The van der Waals surface area contributed by atoms with E-state index in [0.717, 1.165) is 55.5 Å². The number of nitrogens with zero attached hydrogens (tertiary/aromatic N) is 1. The Kier molecular flexibility index (Phi) is 3.98. The zero-order chi connectivity index (χ0) is 20.0. The molecule has 0 radical (unpaired) electrons. The summed E-state index contributed by atoms with van der Waals surface area (Å²) < 4.78 is 12.2. The number of hydrogen-bond donors (Lipinski definition) is 1. The monoisotopic (exact) mass is 380 g/mol. The molecule has 0 aliphatic rings. The fourth-order valence-electron chi connectivity index (χ4n) is 4.04. The maximum Gasteiger partial charge on any atom is 0.236 e. The van der Waals surface area contributed by atoms with Gasteiger partial charge in [-0.25, -0.2) is 0 Å². The maximum atomic E-state index is 6.19. The van der Waals surface area contributed by atoms with Crippen molar-refractivity contribution in [3.05, 3.63) is 89.7 Å². The Balaban J connectivity index is 1.95. The third-order valence-electron chi connectivity index (χ3n) is 5.37. The average Bonchev–Trinajstić information content (AvgIpc) is 3.10. The number of hydrogen-bond acceptors (Lipinski definition) is 4. The molecule has 4 heteroatoms. The normalized spacial score (nSPS) is 12.1. The molecule has 0 saturated heterocycles. The van der Waals surface area contributed by atoms with Crippen molar-refractivity contribution >= 4 is 21.9 Å². The first kappa shape index (κ1) is 17.3. The van der Waals surface area contributed by atoms with Crippen LogP contribution in [0.1, 0.15) is 11.3 Å². The molecular formula is C25H20N2O2. The first-order valence-electron chi connectivity index (χ1n) is 9.52. The molecule has 5 rings (SSSR count). The van der Waals surface area contributed by atoms with Gasteiger partial charge >= 0.3 is 0 Å². The Labute approximate surface area is 167 Å². The van der Waals surface area contributed by atoms with E-state index >= 15 is 0 Å². The highest BCUT2D eigenvalue weighted by Crippen LogP contribution is 2.40. The fourth-order valence-corrected chi connectivity index (χ4v) is 4.04. The van der Waals surface area contributed by atoms with Gasteiger partial charge in [-0.3, -0.25) is 0 Å². The second-order valence-electron chi connectivity index (χ2n) is 7.15. The number of benzene rings is 3. The Morgan fingerprint density at radius 2 is 1.34 bits per heavy atom. The van der Waals surface area contributed by atoms with Gasteiger partial charge in [0.15, 0.2) is 0 Å². The molecule has 0 aliphatic heterocycles. The van der Waals surface area contributed by atoms with E-state index in [1.807, 2.05) is 56.3 Å². The second kappa shape index (κ2) is 6.67. The highest BCUT2D eigenvalue weighted by atomic mass is 16.3. The molecule has 0 fully saturated rings. The van der Waals surface area contributed by atoms with Crippen LogP contribution in [0.3, 0.4) is 0 Å². The summed E-state index contributed by atoms with van der Waals surface area (Å²) in [5.41, 5.74) is 7.22. The highest BCUT2D eigenvalue weighted by molar-refractivity contribution is 6.08. The lowest BCUT2D eigenvalue weighted by molar-refractivity contribution is 0.532. The van der Waals surface area contributed by atoms with Crippen molar-refractivity contribution in [3.63, 3.8) is 0 Å². The largest absolute Gasteiger partial charge is 0.460 e. The first-order chi connectivity index (χ1) is 14.2. The van der Waals surface area contributed by atoms with Gasteiger partial charge in [-0.05, 0) is 36.6 Å². The third kappa shape index (κ3) is 2.72. The minimum Gasteiger partial charge on any atom is -0.460 e. The van der Waals surface area contributed by atoms with E-state index in [4.69, 9.17) is 14.7 Å². The molecule has 3 aromatic carbocycles. The zero-order valence-corrected chi connectivity index (χ0v) is 16.3. The minimum absolute atomic E-state index is 0.380. The van der Waals surface area contributed by atoms with E-state index in [2.05, 4.69) is 35.4 Å². The minimum atomic E-state index is 0.380. The number of fused-ring (bicyclic) bond motifs is 2. The van der Waals surface area contributed by atoms with Crippen LogP contribution < -0.4 is 11.4 Å². The molecule has 5 aromatic rings. The van der Waals surface area contributed by atoms with Gasteiger partial charge in [-0.15, -0.1) is 5.10 Å². The lowest BCUT2D eigenvalue weighted by Gasteiger charge is -2.09. The molecule has 0 atom stereocenters. The van der Waals surface area contributed by atoms with Crippen molar-refractivity contribution < 1.29 is 8.83 Å². The smallest absolute Gasteiger partial charge is 0.236 e. The molecule has 2 heterocycles. The predicted molar refractivity (Wildman–Crippen MR) is 116 cm³/mol. The van der Waals surface area contributed by atoms with Crippen molar-refractivity contribution in [3.8, 4) is 22.3 Å². The fraction of sp³-hybridized carbons (Fsp3) is 0.0800. The van der Waals surface area contributed by atoms with Crippen LogP contribution in [0.5, 0.6) is 0 Å². The molecule has 29 heavy (non-hydrogen) atoms. The first-order valence-corrected chi connectivity index (χ1v) is 9.52. The quantitative estimate of drug-likeness (QED) is 0.306. The van der Waals surface area contributed by atoms with Gasteiger partial charge in [0.25, 0.3) is 0 Å². The zero-order valence-electron chi connectivity index (χ0n) is 16.3. The van der Waals surface area contributed by atoms with Crippen molar-refractivity contribution in [2.24, 2.45) is 10.9 Å². The van der Waals surface area contributed by atoms with E-state index in [9.17, 15) is 0 Å². The summed E-state index contributed by atoms with van der Waals surface area (Å²) >= 11 is 0. The summed E-state index contributed by atoms with van der Waals surface area (Å²) in [4.78, 5) is 0. The molecule has 0 aliphatic carbocycles. The van der Waals surface area contributed by atoms with Crippen LogP contribution >= 0.6 is 0 Å². The van der Waals surface area contributed by atoms with Gasteiger partial charge in [0.1, 0.15) is 16.9 Å². The lowest BCUT2D eigenvalue weighted by atomic mass is 9.96.